The van der Waals surface area contributed by atoms with E-state index in [0.717, 1.165) is 0 Å². The number of nitrogens with zero attached hydrogens (tertiary/aromatic N) is 2. The second kappa shape index (κ2) is 4.80. The standard InChI is InChI=1S/C12H10FN3O/c13-11-3-1-2-9(10(11)7-17)12-5-4-8(6-14)15-16-12/h1-5,7H,6,14H2. The highest BCUT2D eigenvalue weighted by atomic mass is 19.1. The molecule has 0 aliphatic heterocycles. The van der Waals surface area contributed by atoms with Gasteiger partial charge < -0.3 is 5.73 Å². The molecule has 0 atom stereocenters. The van der Waals surface area contributed by atoms with Crippen LogP contribution in [0.4, 0.5) is 4.39 Å². The lowest BCUT2D eigenvalue weighted by Gasteiger charge is -2.04. The molecule has 1 aromatic carbocycles. The fourth-order valence-electron chi connectivity index (χ4n) is 1.49. The van der Waals surface area contributed by atoms with Gasteiger partial charge in [-0.1, -0.05) is 12.1 Å². The molecule has 0 amide bonds. The van der Waals surface area contributed by atoms with Crippen molar-refractivity contribution in [3.05, 3.63) is 47.4 Å². The molecule has 4 nitrogen and oxygen atoms in total. The number of nitrogens with two attached hydrogens (primary N) is 1. The Morgan fingerprint density at radius 3 is 2.65 bits per heavy atom. The van der Waals surface area contributed by atoms with Crippen molar-refractivity contribution < 1.29 is 9.18 Å². The summed E-state index contributed by atoms with van der Waals surface area (Å²) in [6, 6.07) is 7.74. The van der Waals surface area contributed by atoms with Crippen LogP contribution in [-0.4, -0.2) is 16.5 Å². The van der Waals surface area contributed by atoms with E-state index in [-0.39, 0.29) is 12.1 Å². The van der Waals surface area contributed by atoms with Gasteiger partial charge in [-0.2, -0.15) is 10.2 Å². The highest BCUT2D eigenvalue weighted by Crippen LogP contribution is 2.22. The molecule has 1 heterocycles. The van der Waals surface area contributed by atoms with Gasteiger partial charge >= 0.3 is 0 Å². The first-order valence-corrected chi connectivity index (χ1v) is 5.03. The maximum atomic E-state index is 13.4. The van der Waals surface area contributed by atoms with Crippen molar-refractivity contribution in [1.82, 2.24) is 10.2 Å². The molecule has 0 aliphatic carbocycles. The summed E-state index contributed by atoms with van der Waals surface area (Å²) in [5.74, 6) is -0.567. The number of carbonyl (C=O) groups excluding carboxylic acids is 1. The van der Waals surface area contributed by atoms with Crippen molar-refractivity contribution in [2.75, 3.05) is 0 Å². The largest absolute Gasteiger partial charge is 0.325 e. The van der Waals surface area contributed by atoms with Crippen LogP contribution in [0.15, 0.2) is 30.3 Å². The normalized spacial score (nSPS) is 10.2. The third kappa shape index (κ3) is 2.19. The minimum Gasteiger partial charge on any atom is -0.325 e. The van der Waals surface area contributed by atoms with Crippen LogP contribution >= 0.6 is 0 Å². The van der Waals surface area contributed by atoms with E-state index in [1.165, 1.54) is 12.1 Å². The maximum Gasteiger partial charge on any atom is 0.153 e. The average Bonchev–Trinajstić information content (AvgIpc) is 2.38. The maximum absolute atomic E-state index is 13.4. The quantitative estimate of drug-likeness (QED) is 0.814. The van der Waals surface area contributed by atoms with Gasteiger partial charge in [0.2, 0.25) is 0 Å². The SMILES string of the molecule is NCc1ccc(-c2cccc(F)c2C=O)nn1. The first-order valence-electron chi connectivity index (χ1n) is 5.03. The second-order valence-electron chi connectivity index (χ2n) is 3.43. The lowest BCUT2D eigenvalue weighted by molar-refractivity contribution is 0.112. The van der Waals surface area contributed by atoms with Crippen molar-refractivity contribution in [3.8, 4) is 11.3 Å². The molecule has 1 aromatic heterocycles. The topological polar surface area (TPSA) is 68.9 Å². The van der Waals surface area contributed by atoms with Gasteiger partial charge in [0.1, 0.15) is 5.82 Å². The molecule has 0 spiro atoms. The molecule has 2 rings (SSSR count). The minimum absolute atomic E-state index is 0.0118. The van der Waals surface area contributed by atoms with Crippen molar-refractivity contribution in [2.24, 2.45) is 5.73 Å². The smallest absolute Gasteiger partial charge is 0.153 e. The molecule has 0 saturated heterocycles. The van der Waals surface area contributed by atoms with Gasteiger partial charge in [0, 0.05) is 12.1 Å². The summed E-state index contributed by atoms with van der Waals surface area (Å²) in [5.41, 5.74) is 6.90. The monoisotopic (exact) mass is 231 g/mol. The van der Waals surface area contributed by atoms with Gasteiger partial charge in [-0.05, 0) is 18.2 Å². The van der Waals surface area contributed by atoms with Gasteiger partial charge in [-0.25, -0.2) is 4.39 Å². The molecular formula is C12H10FN3O. The van der Waals surface area contributed by atoms with Gasteiger partial charge in [0.15, 0.2) is 6.29 Å². The Hall–Kier alpha value is -2.14. The Labute approximate surface area is 97.3 Å². The Balaban J connectivity index is 2.52. The average molecular weight is 231 g/mol. The lowest BCUT2D eigenvalue weighted by atomic mass is 10.0. The molecule has 0 saturated carbocycles. The summed E-state index contributed by atoms with van der Waals surface area (Å²) in [7, 11) is 0. The Morgan fingerprint density at radius 2 is 2.06 bits per heavy atom. The molecule has 5 heteroatoms. The minimum atomic E-state index is -0.567. The van der Waals surface area contributed by atoms with Gasteiger partial charge in [-0.15, -0.1) is 0 Å². The number of hydrogen-bond acceptors (Lipinski definition) is 4. The van der Waals surface area contributed by atoms with Crippen molar-refractivity contribution in [2.45, 2.75) is 6.54 Å². The first-order chi connectivity index (χ1) is 8.26. The number of rotatable bonds is 3. The van der Waals surface area contributed by atoms with Crippen LogP contribution in [0.3, 0.4) is 0 Å². The Bertz CT molecular complexity index is 540. The van der Waals surface area contributed by atoms with Gasteiger partial charge in [0.25, 0.3) is 0 Å². The molecule has 2 aromatic rings. The zero-order chi connectivity index (χ0) is 12.3. The van der Waals surface area contributed by atoms with Gasteiger partial charge in [0.05, 0.1) is 17.0 Å². The summed E-state index contributed by atoms with van der Waals surface area (Å²) < 4.78 is 13.4. The van der Waals surface area contributed by atoms with Crippen LogP contribution in [0, 0.1) is 5.82 Å². The van der Waals surface area contributed by atoms with E-state index < -0.39 is 5.82 Å². The summed E-state index contributed by atoms with van der Waals surface area (Å²) in [4.78, 5) is 10.8. The van der Waals surface area contributed by atoms with Gasteiger partial charge in [-0.3, -0.25) is 4.79 Å². The Kier molecular flexibility index (Phi) is 3.20. The zero-order valence-corrected chi connectivity index (χ0v) is 8.93. The molecule has 0 fully saturated rings. The fraction of sp³-hybridized carbons (Fsp3) is 0.0833. The predicted molar refractivity (Wildman–Crippen MR) is 60.7 cm³/mol. The summed E-state index contributed by atoms with van der Waals surface area (Å²) in [6.07, 6.45) is 0.475. The number of aromatic nitrogens is 2. The second-order valence-corrected chi connectivity index (χ2v) is 3.43. The van der Waals surface area contributed by atoms with E-state index in [4.69, 9.17) is 5.73 Å². The Morgan fingerprint density at radius 1 is 1.24 bits per heavy atom. The summed E-state index contributed by atoms with van der Waals surface area (Å²) in [6.45, 7) is 0.289. The molecule has 0 bridgehead atoms. The highest BCUT2D eigenvalue weighted by Gasteiger charge is 2.10. The lowest BCUT2D eigenvalue weighted by Crippen LogP contribution is -2.02. The van der Waals surface area contributed by atoms with E-state index in [2.05, 4.69) is 10.2 Å². The van der Waals surface area contributed by atoms with Crippen LogP contribution in [0.1, 0.15) is 16.1 Å². The van der Waals surface area contributed by atoms with Crippen LogP contribution in [-0.2, 0) is 6.54 Å². The van der Waals surface area contributed by atoms with E-state index in [1.807, 2.05) is 0 Å². The van der Waals surface area contributed by atoms with Crippen LogP contribution in [0.25, 0.3) is 11.3 Å². The number of aldehydes is 1. The summed E-state index contributed by atoms with van der Waals surface area (Å²) in [5, 5.41) is 7.78. The third-order valence-corrected chi connectivity index (χ3v) is 2.38. The van der Waals surface area contributed by atoms with Crippen molar-refractivity contribution in [3.63, 3.8) is 0 Å². The van der Waals surface area contributed by atoms with Crippen LogP contribution in [0.5, 0.6) is 0 Å². The highest BCUT2D eigenvalue weighted by molar-refractivity contribution is 5.86. The number of carbonyl (C=O) groups is 1. The number of benzene rings is 1. The molecule has 0 radical (unpaired) electrons. The van der Waals surface area contributed by atoms with Crippen LogP contribution < -0.4 is 5.73 Å². The fourth-order valence-corrected chi connectivity index (χ4v) is 1.49. The van der Waals surface area contributed by atoms with E-state index in [1.54, 1.807) is 18.2 Å². The molecule has 2 N–H and O–H groups in total. The molecule has 86 valence electrons. The van der Waals surface area contributed by atoms with Crippen molar-refractivity contribution >= 4 is 6.29 Å². The number of hydrogen-bond donors (Lipinski definition) is 1. The van der Waals surface area contributed by atoms with E-state index in [9.17, 15) is 9.18 Å². The van der Waals surface area contributed by atoms with E-state index >= 15 is 0 Å². The molecular weight excluding hydrogens is 221 g/mol. The third-order valence-electron chi connectivity index (χ3n) is 2.38. The molecule has 0 unspecified atom stereocenters. The molecule has 0 aliphatic rings. The van der Waals surface area contributed by atoms with Crippen molar-refractivity contribution in [1.29, 1.82) is 0 Å². The predicted octanol–water partition coefficient (Wildman–Crippen LogP) is 1.55. The van der Waals surface area contributed by atoms with Crippen LogP contribution in [0.2, 0.25) is 0 Å². The summed E-state index contributed by atoms with van der Waals surface area (Å²) >= 11 is 0. The molecule has 17 heavy (non-hydrogen) atoms. The first kappa shape index (κ1) is 11.3. The zero-order valence-electron chi connectivity index (χ0n) is 8.93. The van der Waals surface area contributed by atoms with E-state index in [0.29, 0.717) is 23.2 Å². The number of halogens is 1.